The molecular weight excluding hydrogens is 280 g/mol. The second-order valence-corrected chi connectivity index (χ2v) is 6.34. The second-order valence-electron chi connectivity index (χ2n) is 6.34. The number of likely N-dealkylation sites (tertiary alicyclic amines) is 1. The van der Waals surface area contributed by atoms with E-state index in [1.165, 1.54) is 12.8 Å². The second kappa shape index (κ2) is 5.46. The van der Waals surface area contributed by atoms with E-state index in [9.17, 15) is 0 Å². The van der Waals surface area contributed by atoms with Crippen molar-refractivity contribution in [3.63, 3.8) is 0 Å². The Hall–Kier alpha value is -1.76. The quantitative estimate of drug-likeness (QED) is 0.841. The molecule has 0 bridgehead atoms. The SMILES string of the molecule is CCc1nc([C@H]2CCCN2Cc2nnc(C3CC3)n2C)no1. The molecule has 2 aromatic rings. The van der Waals surface area contributed by atoms with Crippen molar-refractivity contribution in [3.8, 4) is 0 Å². The average molecular weight is 302 g/mol. The topological polar surface area (TPSA) is 72.9 Å². The molecule has 1 saturated carbocycles. The zero-order valence-corrected chi connectivity index (χ0v) is 13.2. The van der Waals surface area contributed by atoms with Crippen LogP contribution in [0.2, 0.25) is 0 Å². The third-order valence-electron chi connectivity index (χ3n) is 4.73. The lowest BCUT2D eigenvalue weighted by Crippen LogP contribution is -2.25. The Morgan fingerprint density at radius 2 is 2.09 bits per heavy atom. The summed E-state index contributed by atoms with van der Waals surface area (Å²) in [5, 5.41) is 12.9. The van der Waals surface area contributed by atoms with Crippen molar-refractivity contribution in [2.24, 2.45) is 7.05 Å². The maximum Gasteiger partial charge on any atom is 0.226 e. The first kappa shape index (κ1) is 13.9. The molecule has 0 unspecified atom stereocenters. The van der Waals surface area contributed by atoms with Crippen LogP contribution in [0.4, 0.5) is 0 Å². The van der Waals surface area contributed by atoms with Gasteiger partial charge in [-0.05, 0) is 32.2 Å². The van der Waals surface area contributed by atoms with Gasteiger partial charge >= 0.3 is 0 Å². The van der Waals surface area contributed by atoms with Gasteiger partial charge in [0.2, 0.25) is 5.89 Å². The summed E-state index contributed by atoms with van der Waals surface area (Å²) in [4.78, 5) is 6.90. The van der Waals surface area contributed by atoms with Crippen molar-refractivity contribution in [2.45, 2.75) is 57.5 Å². The standard InChI is InChI=1S/C15H22N6O/c1-3-13-16-14(19-22-13)11-5-4-8-21(11)9-12-17-18-15(20(12)2)10-6-7-10/h10-11H,3-9H2,1-2H3/t11-/m1/s1. The summed E-state index contributed by atoms with van der Waals surface area (Å²) in [6, 6.07) is 0.241. The summed E-state index contributed by atoms with van der Waals surface area (Å²) < 4.78 is 7.44. The number of rotatable bonds is 5. The molecule has 0 radical (unpaired) electrons. The Kier molecular flexibility index (Phi) is 3.44. The fourth-order valence-electron chi connectivity index (χ4n) is 3.25. The zero-order chi connectivity index (χ0) is 15.1. The molecule has 22 heavy (non-hydrogen) atoms. The first-order chi connectivity index (χ1) is 10.8. The third-order valence-corrected chi connectivity index (χ3v) is 4.73. The lowest BCUT2D eigenvalue weighted by molar-refractivity contribution is 0.226. The smallest absolute Gasteiger partial charge is 0.226 e. The summed E-state index contributed by atoms with van der Waals surface area (Å²) in [6.07, 6.45) is 5.53. The molecule has 2 aliphatic rings. The summed E-state index contributed by atoms with van der Waals surface area (Å²) in [6.45, 7) is 3.88. The Morgan fingerprint density at radius 3 is 2.82 bits per heavy atom. The van der Waals surface area contributed by atoms with Crippen LogP contribution >= 0.6 is 0 Å². The largest absolute Gasteiger partial charge is 0.339 e. The first-order valence-electron chi connectivity index (χ1n) is 8.21. The fourth-order valence-corrected chi connectivity index (χ4v) is 3.25. The van der Waals surface area contributed by atoms with Gasteiger partial charge in [0, 0.05) is 19.4 Å². The lowest BCUT2D eigenvalue weighted by atomic mass is 10.2. The van der Waals surface area contributed by atoms with Crippen LogP contribution in [-0.4, -0.2) is 36.3 Å². The van der Waals surface area contributed by atoms with E-state index in [0.29, 0.717) is 5.92 Å². The first-order valence-corrected chi connectivity index (χ1v) is 8.21. The number of aromatic nitrogens is 5. The van der Waals surface area contributed by atoms with Crippen molar-refractivity contribution in [1.82, 2.24) is 29.8 Å². The van der Waals surface area contributed by atoms with Crippen LogP contribution in [0, 0.1) is 0 Å². The van der Waals surface area contributed by atoms with Crippen molar-refractivity contribution >= 4 is 0 Å². The van der Waals surface area contributed by atoms with Gasteiger partial charge in [0.05, 0.1) is 12.6 Å². The van der Waals surface area contributed by atoms with E-state index in [2.05, 4.69) is 36.9 Å². The summed E-state index contributed by atoms with van der Waals surface area (Å²) >= 11 is 0. The van der Waals surface area contributed by atoms with Crippen LogP contribution in [0.3, 0.4) is 0 Å². The van der Waals surface area contributed by atoms with Crippen LogP contribution in [0.5, 0.6) is 0 Å². The van der Waals surface area contributed by atoms with E-state index in [0.717, 1.165) is 55.7 Å². The highest BCUT2D eigenvalue weighted by Gasteiger charge is 2.33. The molecule has 118 valence electrons. The molecule has 2 fully saturated rings. The van der Waals surface area contributed by atoms with Gasteiger partial charge in [-0.2, -0.15) is 4.98 Å². The van der Waals surface area contributed by atoms with Crippen LogP contribution in [0.15, 0.2) is 4.52 Å². The zero-order valence-electron chi connectivity index (χ0n) is 13.2. The van der Waals surface area contributed by atoms with Crippen molar-refractivity contribution in [1.29, 1.82) is 0 Å². The Balaban J connectivity index is 1.51. The molecule has 1 aliphatic heterocycles. The molecule has 3 heterocycles. The molecule has 0 amide bonds. The van der Waals surface area contributed by atoms with Gasteiger partial charge in [0.25, 0.3) is 0 Å². The number of hydrogen-bond donors (Lipinski definition) is 0. The number of hydrogen-bond acceptors (Lipinski definition) is 6. The molecule has 1 aliphatic carbocycles. The molecule has 0 N–H and O–H groups in total. The highest BCUT2D eigenvalue weighted by molar-refractivity contribution is 5.08. The normalized spacial score (nSPS) is 22.5. The van der Waals surface area contributed by atoms with E-state index < -0.39 is 0 Å². The van der Waals surface area contributed by atoms with Crippen LogP contribution < -0.4 is 0 Å². The summed E-state index contributed by atoms with van der Waals surface area (Å²) in [5.41, 5.74) is 0. The fraction of sp³-hybridized carbons (Fsp3) is 0.733. The number of nitrogens with zero attached hydrogens (tertiary/aromatic N) is 6. The minimum Gasteiger partial charge on any atom is -0.339 e. The van der Waals surface area contributed by atoms with Crippen LogP contribution in [-0.2, 0) is 20.0 Å². The van der Waals surface area contributed by atoms with Gasteiger partial charge in [-0.3, -0.25) is 4.90 Å². The molecule has 7 nitrogen and oxygen atoms in total. The third kappa shape index (κ3) is 2.43. The van der Waals surface area contributed by atoms with Gasteiger partial charge in [-0.1, -0.05) is 12.1 Å². The molecule has 4 rings (SSSR count). The minimum atomic E-state index is 0.241. The van der Waals surface area contributed by atoms with Crippen molar-refractivity contribution < 1.29 is 4.52 Å². The highest BCUT2D eigenvalue weighted by Crippen LogP contribution is 2.39. The molecule has 2 aromatic heterocycles. The van der Waals surface area contributed by atoms with Crippen LogP contribution in [0.1, 0.15) is 67.9 Å². The Labute approximate surface area is 129 Å². The van der Waals surface area contributed by atoms with Gasteiger partial charge < -0.3 is 9.09 Å². The van der Waals surface area contributed by atoms with Gasteiger partial charge in [0.1, 0.15) is 11.6 Å². The minimum absolute atomic E-state index is 0.241. The van der Waals surface area contributed by atoms with Crippen LogP contribution in [0.25, 0.3) is 0 Å². The molecule has 1 atom stereocenters. The maximum atomic E-state index is 5.27. The molecule has 0 spiro atoms. The predicted octanol–water partition coefficient (Wildman–Crippen LogP) is 1.98. The monoisotopic (exact) mass is 302 g/mol. The Bertz CT molecular complexity index is 659. The summed E-state index contributed by atoms with van der Waals surface area (Å²) in [7, 11) is 2.08. The highest BCUT2D eigenvalue weighted by atomic mass is 16.5. The van der Waals surface area contributed by atoms with E-state index in [1.807, 2.05) is 6.92 Å². The van der Waals surface area contributed by atoms with E-state index in [4.69, 9.17) is 4.52 Å². The van der Waals surface area contributed by atoms with Gasteiger partial charge in [-0.25, -0.2) is 0 Å². The molecular formula is C15H22N6O. The molecule has 7 heteroatoms. The summed E-state index contributed by atoms with van der Waals surface area (Å²) in [5.74, 6) is 4.34. The molecule has 0 aromatic carbocycles. The van der Waals surface area contributed by atoms with E-state index >= 15 is 0 Å². The molecule has 1 saturated heterocycles. The average Bonchev–Trinajstić information content (AvgIpc) is 2.95. The van der Waals surface area contributed by atoms with Gasteiger partial charge in [0.15, 0.2) is 5.82 Å². The van der Waals surface area contributed by atoms with Crippen molar-refractivity contribution in [2.75, 3.05) is 6.54 Å². The maximum absolute atomic E-state index is 5.27. The lowest BCUT2D eigenvalue weighted by Gasteiger charge is -2.21. The van der Waals surface area contributed by atoms with E-state index in [-0.39, 0.29) is 6.04 Å². The van der Waals surface area contributed by atoms with Crippen molar-refractivity contribution in [3.05, 3.63) is 23.4 Å². The Morgan fingerprint density at radius 1 is 1.23 bits per heavy atom. The predicted molar refractivity (Wildman–Crippen MR) is 79.0 cm³/mol. The number of aryl methyl sites for hydroxylation is 1. The van der Waals surface area contributed by atoms with Gasteiger partial charge in [-0.15, -0.1) is 10.2 Å². The van der Waals surface area contributed by atoms with E-state index in [1.54, 1.807) is 0 Å².